The molecular weight excluding hydrogens is 136 g/mol. The first-order valence-corrected chi connectivity index (χ1v) is 3.73. The minimum atomic E-state index is -0.0284. The molecule has 2 nitrogen and oxygen atoms in total. The summed E-state index contributed by atoms with van der Waals surface area (Å²) >= 11 is 1.19. The molecule has 0 aromatic rings. The summed E-state index contributed by atoms with van der Waals surface area (Å²) in [5, 5.41) is 8.98. The Morgan fingerprint density at radius 3 is 2.78 bits per heavy atom. The molecule has 3 heteroatoms. The summed E-state index contributed by atoms with van der Waals surface area (Å²) in [5.41, 5.74) is 0. The van der Waals surface area contributed by atoms with Crippen molar-refractivity contribution in [3.05, 3.63) is 11.8 Å². The highest BCUT2D eigenvalue weighted by Gasteiger charge is 2.22. The molecule has 0 saturated heterocycles. The number of carbonyl (C=O) groups is 1. The Bertz CT molecular complexity index is 162. The minimum absolute atomic E-state index is 0.0255. The highest BCUT2D eigenvalue weighted by molar-refractivity contribution is 8.15. The van der Waals surface area contributed by atoms with Crippen molar-refractivity contribution in [3.8, 4) is 0 Å². The Hall–Kier alpha value is -0.440. The van der Waals surface area contributed by atoms with Gasteiger partial charge in [-0.3, -0.25) is 4.79 Å². The van der Waals surface area contributed by atoms with E-state index in [2.05, 4.69) is 0 Å². The second kappa shape index (κ2) is 2.43. The van der Waals surface area contributed by atoms with E-state index in [4.69, 9.17) is 5.11 Å². The van der Waals surface area contributed by atoms with Gasteiger partial charge in [-0.2, -0.15) is 0 Å². The average molecular weight is 144 g/mol. The van der Waals surface area contributed by atoms with Gasteiger partial charge in [-0.05, 0) is 6.42 Å². The van der Waals surface area contributed by atoms with E-state index in [9.17, 15) is 4.79 Å². The number of aliphatic hydroxyl groups is 1. The Balaban J connectivity index is 2.64. The van der Waals surface area contributed by atoms with Crippen LogP contribution in [0.3, 0.4) is 0 Å². The zero-order valence-corrected chi connectivity index (χ0v) is 5.94. The first kappa shape index (κ1) is 6.68. The van der Waals surface area contributed by atoms with E-state index < -0.39 is 0 Å². The van der Waals surface area contributed by atoms with Gasteiger partial charge in [0.05, 0.1) is 5.25 Å². The first-order valence-electron chi connectivity index (χ1n) is 2.85. The van der Waals surface area contributed by atoms with Gasteiger partial charge in [0, 0.05) is 6.08 Å². The Labute approximate surface area is 57.9 Å². The quantitative estimate of drug-likeness (QED) is 0.605. The van der Waals surface area contributed by atoms with E-state index in [0.717, 1.165) is 6.42 Å². The second-order valence-electron chi connectivity index (χ2n) is 1.90. The van der Waals surface area contributed by atoms with Crippen molar-refractivity contribution in [3.63, 3.8) is 0 Å². The number of aliphatic hydroxyl groups excluding tert-OH is 1. The fraction of sp³-hybridized carbons (Fsp3) is 0.500. The van der Waals surface area contributed by atoms with Crippen molar-refractivity contribution in [2.24, 2.45) is 0 Å². The van der Waals surface area contributed by atoms with Gasteiger partial charge in [-0.15, -0.1) is 0 Å². The summed E-state index contributed by atoms with van der Waals surface area (Å²) < 4.78 is 0. The van der Waals surface area contributed by atoms with Gasteiger partial charge >= 0.3 is 0 Å². The molecule has 1 rings (SSSR count). The van der Waals surface area contributed by atoms with Crippen LogP contribution in [0.1, 0.15) is 13.3 Å². The summed E-state index contributed by atoms with van der Waals surface area (Å²) in [4.78, 5) is 10.5. The van der Waals surface area contributed by atoms with Gasteiger partial charge in [-0.25, -0.2) is 0 Å². The topological polar surface area (TPSA) is 37.3 Å². The third-order valence-corrected chi connectivity index (χ3v) is 2.43. The average Bonchev–Trinajstić information content (AvgIpc) is 2.10. The van der Waals surface area contributed by atoms with Crippen molar-refractivity contribution < 1.29 is 9.90 Å². The molecule has 9 heavy (non-hydrogen) atoms. The highest BCUT2D eigenvalue weighted by Crippen LogP contribution is 2.28. The number of rotatable bonds is 1. The zero-order valence-electron chi connectivity index (χ0n) is 5.13. The largest absolute Gasteiger partial charge is 0.511 e. The van der Waals surface area contributed by atoms with Crippen LogP contribution >= 0.6 is 11.8 Å². The van der Waals surface area contributed by atoms with Crippen LogP contribution in [0.15, 0.2) is 11.8 Å². The Morgan fingerprint density at radius 2 is 2.56 bits per heavy atom. The smallest absolute Gasteiger partial charge is 0.216 e. The number of thioether (sulfide) groups is 1. The Kier molecular flexibility index (Phi) is 1.81. The molecule has 50 valence electrons. The molecule has 1 unspecified atom stereocenters. The number of carbonyl (C=O) groups excluding carboxylic acids is 1. The molecule has 0 fully saturated rings. The minimum Gasteiger partial charge on any atom is -0.511 e. The third-order valence-electron chi connectivity index (χ3n) is 1.22. The van der Waals surface area contributed by atoms with Gasteiger partial charge in [0.15, 0.2) is 0 Å². The molecule has 1 aliphatic heterocycles. The molecular formula is C6H8O2S. The monoisotopic (exact) mass is 144 g/mol. The van der Waals surface area contributed by atoms with Crippen LogP contribution in [0.25, 0.3) is 0 Å². The molecule has 0 saturated carbocycles. The van der Waals surface area contributed by atoms with Gasteiger partial charge in [0.2, 0.25) is 5.12 Å². The predicted molar refractivity (Wildman–Crippen MR) is 37.4 cm³/mol. The summed E-state index contributed by atoms with van der Waals surface area (Å²) in [6.45, 7) is 1.94. The molecule has 1 heterocycles. The van der Waals surface area contributed by atoms with Crippen molar-refractivity contribution in [2.75, 3.05) is 0 Å². The standard InChI is InChI=1S/C6H8O2S/c1-2-5-4(7)3-6(8)9-5/h3,5,7H,2H2,1H3. The van der Waals surface area contributed by atoms with E-state index in [1.165, 1.54) is 17.8 Å². The summed E-state index contributed by atoms with van der Waals surface area (Å²) in [6.07, 6.45) is 2.11. The highest BCUT2D eigenvalue weighted by atomic mass is 32.2. The van der Waals surface area contributed by atoms with E-state index in [1.807, 2.05) is 6.92 Å². The van der Waals surface area contributed by atoms with Crippen LogP contribution < -0.4 is 0 Å². The molecule has 0 aromatic heterocycles. The van der Waals surface area contributed by atoms with Crippen LogP contribution in [0.4, 0.5) is 0 Å². The molecule has 1 N–H and O–H groups in total. The summed E-state index contributed by atoms with van der Waals surface area (Å²) in [7, 11) is 0. The maximum Gasteiger partial charge on any atom is 0.216 e. The van der Waals surface area contributed by atoms with Crippen LogP contribution in [0.2, 0.25) is 0 Å². The Morgan fingerprint density at radius 1 is 1.89 bits per heavy atom. The summed E-state index contributed by atoms with van der Waals surface area (Å²) in [6, 6.07) is 0. The van der Waals surface area contributed by atoms with Gasteiger partial charge < -0.3 is 5.11 Å². The zero-order chi connectivity index (χ0) is 6.85. The van der Waals surface area contributed by atoms with Crippen LogP contribution in [0, 0.1) is 0 Å². The van der Waals surface area contributed by atoms with Gasteiger partial charge in [0.25, 0.3) is 0 Å². The number of hydrogen-bond donors (Lipinski definition) is 1. The van der Waals surface area contributed by atoms with Crippen LogP contribution in [0.5, 0.6) is 0 Å². The van der Waals surface area contributed by atoms with Crippen molar-refractivity contribution in [2.45, 2.75) is 18.6 Å². The van der Waals surface area contributed by atoms with Crippen molar-refractivity contribution in [1.82, 2.24) is 0 Å². The maximum atomic E-state index is 10.5. The van der Waals surface area contributed by atoms with E-state index in [0.29, 0.717) is 0 Å². The van der Waals surface area contributed by atoms with Crippen molar-refractivity contribution in [1.29, 1.82) is 0 Å². The predicted octanol–water partition coefficient (Wildman–Crippen LogP) is 1.48. The fourth-order valence-corrected chi connectivity index (χ4v) is 1.57. The van der Waals surface area contributed by atoms with Crippen LogP contribution in [-0.2, 0) is 4.79 Å². The van der Waals surface area contributed by atoms with E-state index in [-0.39, 0.29) is 16.1 Å². The van der Waals surface area contributed by atoms with Gasteiger partial charge in [0.1, 0.15) is 5.76 Å². The van der Waals surface area contributed by atoms with Crippen LogP contribution in [-0.4, -0.2) is 15.5 Å². The second-order valence-corrected chi connectivity index (χ2v) is 3.11. The number of hydrogen-bond acceptors (Lipinski definition) is 3. The molecule has 0 aromatic carbocycles. The first-order chi connectivity index (χ1) is 4.24. The van der Waals surface area contributed by atoms with E-state index in [1.54, 1.807) is 0 Å². The lowest BCUT2D eigenvalue weighted by molar-refractivity contribution is -0.106. The molecule has 0 aliphatic carbocycles. The molecule has 0 radical (unpaired) electrons. The maximum absolute atomic E-state index is 10.5. The lowest BCUT2D eigenvalue weighted by atomic mass is 10.3. The SMILES string of the molecule is CCC1SC(=O)C=C1O. The van der Waals surface area contributed by atoms with Gasteiger partial charge in [-0.1, -0.05) is 18.7 Å². The lowest BCUT2D eigenvalue weighted by Gasteiger charge is -2.01. The molecule has 0 bridgehead atoms. The van der Waals surface area contributed by atoms with E-state index >= 15 is 0 Å². The fourth-order valence-electron chi connectivity index (χ4n) is 0.741. The molecule has 0 spiro atoms. The molecule has 1 aliphatic rings. The summed E-state index contributed by atoms with van der Waals surface area (Å²) in [5.74, 6) is 0.229. The lowest BCUT2D eigenvalue weighted by Crippen LogP contribution is -1.98. The third kappa shape index (κ3) is 1.27. The van der Waals surface area contributed by atoms with Crippen molar-refractivity contribution >= 4 is 16.9 Å². The normalized spacial score (nSPS) is 26.6. The molecule has 1 atom stereocenters. The molecule has 0 amide bonds.